The fourth-order valence-corrected chi connectivity index (χ4v) is 3.46. The summed E-state index contributed by atoms with van der Waals surface area (Å²) in [5, 5.41) is 3.02. The summed E-state index contributed by atoms with van der Waals surface area (Å²) < 4.78 is 65.0. The third kappa shape index (κ3) is 41.0. The van der Waals surface area contributed by atoms with Gasteiger partial charge in [-0.1, -0.05) is 26.2 Å². The molecule has 0 amide bonds. The number of rotatable bonds is 41. The Balaban J connectivity index is 3.07. The number of nitrogens with one attached hydrogen (secondary N) is 1. The van der Waals surface area contributed by atoms with E-state index in [1.54, 1.807) is 0 Å². The lowest BCUT2D eigenvalue weighted by Gasteiger charge is -2.09. The molecule has 14 nitrogen and oxygen atoms in total. The van der Waals surface area contributed by atoms with Crippen LogP contribution in [0.5, 0.6) is 0 Å². The molecule has 0 saturated carbocycles. The molecule has 0 bridgehead atoms. The maximum atomic E-state index is 11.5. The molecule has 0 aliphatic rings. The van der Waals surface area contributed by atoms with E-state index in [4.69, 9.17) is 56.8 Å². The smallest absolute Gasteiger partial charge is 0.305 e. The molecule has 0 aliphatic heterocycles. The van der Waals surface area contributed by atoms with Gasteiger partial charge in [0.15, 0.2) is 0 Å². The Kier molecular flexibility index (Phi) is 41.1. The first-order chi connectivity index (χ1) is 22.8. The average molecular weight is 672 g/mol. The number of hydrogen-bond acceptors (Lipinski definition) is 14. The molecule has 0 saturated heterocycles. The molecule has 0 aliphatic carbocycles. The van der Waals surface area contributed by atoms with Crippen LogP contribution in [0.3, 0.4) is 0 Å². The second kappa shape index (κ2) is 42.0. The van der Waals surface area contributed by atoms with Crippen LogP contribution in [0.25, 0.3) is 0 Å². The zero-order chi connectivity index (χ0) is 33.3. The second-order valence-electron chi connectivity index (χ2n) is 9.87. The molecule has 0 aromatic carbocycles. The molecule has 0 aromatic rings. The molecule has 1 N–H and O–H groups in total. The van der Waals surface area contributed by atoms with Crippen LogP contribution in [-0.2, 0) is 61.6 Å². The Bertz CT molecular complexity index is 578. The minimum atomic E-state index is -0.152. The minimum absolute atomic E-state index is 0.152. The minimum Gasteiger partial charge on any atom is -0.463 e. The summed E-state index contributed by atoms with van der Waals surface area (Å²) in [6, 6.07) is 0. The quantitative estimate of drug-likeness (QED) is 0.0748. The monoisotopic (exact) mass is 671 g/mol. The van der Waals surface area contributed by atoms with Crippen LogP contribution in [0.2, 0.25) is 0 Å². The van der Waals surface area contributed by atoms with Gasteiger partial charge in [-0.15, -0.1) is 0 Å². The first-order valence-corrected chi connectivity index (χ1v) is 17.0. The van der Waals surface area contributed by atoms with Crippen molar-refractivity contribution in [3.8, 4) is 0 Å². The van der Waals surface area contributed by atoms with Crippen LogP contribution in [0, 0.1) is 0 Å². The van der Waals surface area contributed by atoms with E-state index in [0.717, 1.165) is 32.2 Å². The molecule has 0 aromatic heterocycles. The number of ether oxygens (including phenoxy) is 12. The van der Waals surface area contributed by atoms with Gasteiger partial charge in [-0.3, -0.25) is 4.79 Å². The van der Waals surface area contributed by atoms with Crippen LogP contribution in [0.15, 0.2) is 0 Å². The molecular weight excluding hydrogens is 606 g/mol. The summed E-state index contributed by atoms with van der Waals surface area (Å²) in [6.07, 6.45) is 4.76. The maximum Gasteiger partial charge on any atom is 0.305 e. The van der Waals surface area contributed by atoms with E-state index in [0.29, 0.717) is 152 Å². The van der Waals surface area contributed by atoms with Gasteiger partial charge in [-0.25, -0.2) is 0 Å². The number of carbonyl (C=O) groups excluding carboxylic acids is 1. The van der Waals surface area contributed by atoms with E-state index in [9.17, 15) is 4.79 Å². The summed E-state index contributed by atoms with van der Waals surface area (Å²) in [5.74, 6) is -0.152. The highest BCUT2D eigenvalue weighted by Gasteiger charge is 2.02. The summed E-state index contributed by atoms with van der Waals surface area (Å²) in [6.45, 7) is 14.6. The van der Waals surface area contributed by atoms with Gasteiger partial charge in [-0.05, 0) is 13.5 Å². The SMILES string of the molecule is CCCCCCC(=O)OCCOCCOCCOCCOCCOCCOCCOCCOCCOCCOCCOCCNC. The topological polar surface area (TPSA) is 140 Å². The van der Waals surface area contributed by atoms with E-state index in [-0.39, 0.29) is 12.6 Å². The van der Waals surface area contributed by atoms with Gasteiger partial charge in [-0.2, -0.15) is 0 Å². The summed E-state index contributed by atoms with van der Waals surface area (Å²) >= 11 is 0. The number of unbranched alkanes of at least 4 members (excludes halogenated alkanes) is 3. The van der Waals surface area contributed by atoms with E-state index < -0.39 is 0 Å². The standard InChI is InChI=1S/C32H65NO13/c1-3-4-5-6-7-32(34)46-31-30-45-29-28-44-27-26-43-25-24-42-23-22-41-21-20-40-19-18-39-17-16-38-15-14-37-13-12-36-11-10-35-9-8-33-2/h33H,3-31H2,1-2H3. The Labute approximate surface area is 277 Å². The van der Waals surface area contributed by atoms with Crippen molar-refractivity contribution in [1.29, 1.82) is 0 Å². The molecular formula is C32H65NO13. The third-order valence-electron chi connectivity index (χ3n) is 5.94. The predicted octanol–water partition coefficient (Wildman–Crippen LogP) is 1.90. The highest BCUT2D eigenvalue weighted by Crippen LogP contribution is 2.03. The Morgan fingerprint density at radius 1 is 0.391 bits per heavy atom. The zero-order valence-corrected chi connectivity index (χ0v) is 28.8. The number of hydrogen-bond donors (Lipinski definition) is 1. The van der Waals surface area contributed by atoms with E-state index >= 15 is 0 Å². The van der Waals surface area contributed by atoms with Crippen molar-refractivity contribution in [2.45, 2.75) is 39.0 Å². The Morgan fingerprint density at radius 2 is 0.674 bits per heavy atom. The first kappa shape index (κ1) is 45.0. The summed E-state index contributed by atoms with van der Waals surface area (Å²) in [4.78, 5) is 11.5. The fourth-order valence-electron chi connectivity index (χ4n) is 3.46. The molecule has 46 heavy (non-hydrogen) atoms. The van der Waals surface area contributed by atoms with Crippen LogP contribution in [-0.4, -0.2) is 172 Å². The van der Waals surface area contributed by atoms with Crippen molar-refractivity contribution in [2.75, 3.05) is 166 Å². The highest BCUT2D eigenvalue weighted by molar-refractivity contribution is 5.69. The van der Waals surface area contributed by atoms with Crippen molar-refractivity contribution >= 4 is 5.97 Å². The van der Waals surface area contributed by atoms with Gasteiger partial charge in [0.2, 0.25) is 0 Å². The van der Waals surface area contributed by atoms with Crippen molar-refractivity contribution in [3.05, 3.63) is 0 Å². The van der Waals surface area contributed by atoms with Crippen molar-refractivity contribution in [1.82, 2.24) is 5.32 Å². The molecule has 0 atom stereocenters. The van der Waals surface area contributed by atoms with E-state index in [1.165, 1.54) is 0 Å². The molecule has 14 heteroatoms. The van der Waals surface area contributed by atoms with Gasteiger partial charge in [0.1, 0.15) is 6.61 Å². The predicted molar refractivity (Wildman–Crippen MR) is 173 cm³/mol. The zero-order valence-electron chi connectivity index (χ0n) is 28.8. The normalized spacial score (nSPS) is 11.4. The highest BCUT2D eigenvalue weighted by atomic mass is 16.6. The van der Waals surface area contributed by atoms with Gasteiger partial charge >= 0.3 is 5.97 Å². The molecule has 0 fully saturated rings. The summed E-state index contributed by atoms with van der Waals surface area (Å²) in [5.41, 5.74) is 0. The Hall–Kier alpha value is -1.01. The third-order valence-corrected chi connectivity index (χ3v) is 5.94. The van der Waals surface area contributed by atoms with Crippen LogP contribution >= 0.6 is 0 Å². The second-order valence-corrected chi connectivity index (χ2v) is 9.87. The molecule has 0 unspecified atom stereocenters. The van der Waals surface area contributed by atoms with Gasteiger partial charge in [0.25, 0.3) is 0 Å². The van der Waals surface area contributed by atoms with Crippen molar-refractivity contribution < 1.29 is 61.6 Å². The van der Waals surface area contributed by atoms with E-state index in [1.807, 2.05) is 7.05 Å². The fraction of sp³-hybridized carbons (Fsp3) is 0.969. The van der Waals surface area contributed by atoms with Crippen molar-refractivity contribution in [3.63, 3.8) is 0 Å². The van der Waals surface area contributed by atoms with Crippen molar-refractivity contribution in [2.24, 2.45) is 0 Å². The molecule has 0 spiro atoms. The number of likely N-dealkylation sites (N-methyl/N-ethyl adjacent to an activating group) is 1. The molecule has 0 rings (SSSR count). The van der Waals surface area contributed by atoms with Crippen LogP contribution < -0.4 is 5.32 Å². The Morgan fingerprint density at radius 3 is 0.957 bits per heavy atom. The van der Waals surface area contributed by atoms with Gasteiger partial charge < -0.3 is 62.2 Å². The lowest BCUT2D eigenvalue weighted by Crippen LogP contribution is -2.17. The van der Waals surface area contributed by atoms with Gasteiger partial charge in [0, 0.05) is 13.0 Å². The largest absolute Gasteiger partial charge is 0.463 e. The average Bonchev–Trinajstić information content (AvgIpc) is 3.06. The van der Waals surface area contributed by atoms with Crippen LogP contribution in [0.4, 0.5) is 0 Å². The lowest BCUT2D eigenvalue weighted by atomic mass is 10.2. The first-order valence-electron chi connectivity index (χ1n) is 17.0. The summed E-state index contributed by atoms with van der Waals surface area (Å²) in [7, 11) is 1.89. The molecule has 0 radical (unpaired) electrons. The number of esters is 1. The maximum absolute atomic E-state index is 11.5. The molecule has 0 heterocycles. The van der Waals surface area contributed by atoms with Gasteiger partial charge in [0.05, 0.1) is 145 Å². The van der Waals surface area contributed by atoms with Crippen LogP contribution in [0.1, 0.15) is 39.0 Å². The van der Waals surface area contributed by atoms with E-state index in [2.05, 4.69) is 12.2 Å². The molecule has 276 valence electrons. The lowest BCUT2D eigenvalue weighted by molar-refractivity contribution is -0.145. The number of carbonyl (C=O) groups is 1.